The van der Waals surface area contributed by atoms with Gasteiger partial charge in [-0.2, -0.15) is 0 Å². The maximum atomic E-state index is 13.0. The molecule has 0 unspecified atom stereocenters. The number of nitrogens with zero attached hydrogens (tertiary/aromatic N) is 4. The van der Waals surface area contributed by atoms with Gasteiger partial charge in [-0.15, -0.1) is 0 Å². The number of aromatic nitrogens is 3. The molecule has 0 spiro atoms. The molecule has 36 heavy (non-hydrogen) atoms. The van der Waals surface area contributed by atoms with E-state index in [9.17, 15) is 19.5 Å². The zero-order valence-corrected chi connectivity index (χ0v) is 20.6. The van der Waals surface area contributed by atoms with Crippen molar-refractivity contribution in [3.05, 3.63) is 58.3 Å². The highest BCUT2D eigenvalue weighted by Gasteiger charge is 2.34. The minimum Gasteiger partial charge on any atom is -0.465 e. The molecule has 0 saturated carbocycles. The molecule has 1 aromatic carbocycles. The Balaban J connectivity index is 1.50. The van der Waals surface area contributed by atoms with Gasteiger partial charge in [0, 0.05) is 48.8 Å². The molecule has 2 N–H and O–H groups in total. The number of ether oxygens (including phenoxy) is 1. The summed E-state index contributed by atoms with van der Waals surface area (Å²) in [4.78, 5) is 43.4. The smallest absolute Gasteiger partial charge is 0.412 e. The molecule has 10 nitrogen and oxygen atoms in total. The van der Waals surface area contributed by atoms with E-state index in [4.69, 9.17) is 9.72 Å². The number of benzene rings is 1. The molecule has 1 saturated heterocycles. The summed E-state index contributed by atoms with van der Waals surface area (Å²) in [5.41, 5.74) is 2.89. The summed E-state index contributed by atoms with van der Waals surface area (Å²) < 4.78 is 8.79. The minimum absolute atomic E-state index is 0.0416. The lowest BCUT2D eigenvalue weighted by atomic mass is 9.89. The summed E-state index contributed by atoms with van der Waals surface area (Å²) in [6.45, 7) is 6.28. The van der Waals surface area contributed by atoms with Crippen molar-refractivity contribution < 1.29 is 19.4 Å². The second-order valence-electron chi connectivity index (χ2n) is 10.1. The highest BCUT2D eigenvalue weighted by Crippen LogP contribution is 2.36. The first-order chi connectivity index (χ1) is 17.3. The van der Waals surface area contributed by atoms with Gasteiger partial charge in [-0.05, 0) is 38.0 Å². The largest absolute Gasteiger partial charge is 0.465 e. The van der Waals surface area contributed by atoms with Crippen LogP contribution in [0.15, 0.2) is 41.3 Å². The molecule has 2 aliphatic rings. The lowest BCUT2D eigenvalue weighted by Gasteiger charge is -2.38. The molecule has 1 atom stereocenters. The highest BCUT2D eigenvalue weighted by atomic mass is 16.5. The molecule has 3 aromatic rings. The van der Waals surface area contributed by atoms with Crippen LogP contribution in [0.3, 0.4) is 0 Å². The van der Waals surface area contributed by atoms with E-state index < -0.39 is 6.09 Å². The number of anilines is 1. The molecule has 2 amide bonds. The maximum absolute atomic E-state index is 13.0. The molecule has 10 heteroatoms. The molecule has 0 aliphatic carbocycles. The number of fused-ring (bicyclic) bond motifs is 3. The lowest BCUT2D eigenvalue weighted by Crippen LogP contribution is -2.49. The number of carbonyl (C=O) groups excluding carboxylic acids is 1. The molecule has 1 fully saturated rings. The van der Waals surface area contributed by atoms with Crippen molar-refractivity contribution in [1.29, 1.82) is 0 Å². The van der Waals surface area contributed by atoms with Crippen LogP contribution in [0.2, 0.25) is 0 Å². The number of nitrogens with one attached hydrogen (secondary N) is 1. The van der Waals surface area contributed by atoms with Crippen LogP contribution in [0.25, 0.3) is 11.0 Å². The number of pyridine rings is 1. The van der Waals surface area contributed by atoms with Gasteiger partial charge in [-0.3, -0.25) is 14.5 Å². The summed E-state index contributed by atoms with van der Waals surface area (Å²) in [6, 6.07) is 8.56. The van der Waals surface area contributed by atoms with Crippen molar-refractivity contribution >= 4 is 28.7 Å². The fourth-order valence-corrected chi connectivity index (χ4v) is 5.07. The summed E-state index contributed by atoms with van der Waals surface area (Å²) >= 11 is 0. The molecule has 2 aromatic heterocycles. The Labute approximate surface area is 208 Å². The van der Waals surface area contributed by atoms with Gasteiger partial charge in [-0.25, -0.2) is 9.78 Å². The predicted molar refractivity (Wildman–Crippen MR) is 134 cm³/mol. The minimum atomic E-state index is -0.987. The Morgan fingerprint density at radius 1 is 1.25 bits per heavy atom. The van der Waals surface area contributed by atoms with E-state index in [1.54, 1.807) is 22.9 Å². The summed E-state index contributed by atoms with van der Waals surface area (Å²) in [5.74, 6) is 0.557. The number of hydrogen-bond donors (Lipinski definition) is 2. The van der Waals surface area contributed by atoms with Crippen LogP contribution in [0.1, 0.15) is 31.7 Å². The van der Waals surface area contributed by atoms with Crippen LogP contribution in [-0.4, -0.2) is 57.0 Å². The number of amides is 2. The maximum Gasteiger partial charge on any atom is 0.412 e. The number of imidazole rings is 1. The summed E-state index contributed by atoms with van der Waals surface area (Å²) in [6.07, 6.45) is 2.60. The Morgan fingerprint density at radius 3 is 2.75 bits per heavy atom. The van der Waals surface area contributed by atoms with Crippen molar-refractivity contribution in [3.63, 3.8) is 0 Å². The molecule has 0 bridgehead atoms. The van der Waals surface area contributed by atoms with Crippen LogP contribution < -0.4 is 15.8 Å². The van der Waals surface area contributed by atoms with E-state index >= 15 is 0 Å². The first-order valence-corrected chi connectivity index (χ1v) is 12.3. The molecular formula is C26H31N5O5. The summed E-state index contributed by atoms with van der Waals surface area (Å²) in [7, 11) is 0. The standard InChI is InChI=1S/C26H31N5O5/c1-17-6-7-18-19(31(17)25(34)35)8-9-20-24(18)28-21(10-12-29-11-4-3-5-23(29)33)30(20)13-22(32)27-14-26(2)15-36-16-26/h3-5,8-9,11,17H,6-7,10,12-16H2,1-2H3,(H,27,32)(H,34,35)/t17-/m0/s1. The van der Waals surface area contributed by atoms with Gasteiger partial charge in [0.15, 0.2) is 0 Å². The second kappa shape index (κ2) is 9.42. The SMILES string of the molecule is C[C@H]1CCc2c(ccc3c2nc(CCn2ccccc2=O)n3CC(=O)NCC2(C)COC2)N1C(=O)O. The van der Waals surface area contributed by atoms with Gasteiger partial charge in [-0.1, -0.05) is 13.0 Å². The third-order valence-electron chi connectivity index (χ3n) is 7.19. The molecular weight excluding hydrogens is 462 g/mol. The quantitative estimate of drug-likeness (QED) is 0.522. The monoisotopic (exact) mass is 493 g/mol. The highest BCUT2D eigenvalue weighted by molar-refractivity contribution is 5.95. The number of rotatable bonds is 7. The Kier molecular flexibility index (Phi) is 6.29. The fourth-order valence-electron chi connectivity index (χ4n) is 5.07. The third kappa shape index (κ3) is 4.48. The van der Waals surface area contributed by atoms with Crippen molar-refractivity contribution in [2.75, 3.05) is 24.7 Å². The normalized spacial score (nSPS) is 18.5. The third-order valence-corrected chi connectivity index (χ3v) is 7.19. The van der Waals surface area contributed by atoms with Gasteiger partial charge < -0.3 is 24.3 Å². The zero-order valence-electron chi connectivity index (χ0n) is 20.6. The number of aryl methyl sites for hydroxylation is 3. The van der Waals surface area contributed by atoms with Crippen molar-refractivity contribution in [1.82, 2.24) is 19.4 Å². The number of carboxylic acid groups (broad SMARTS) is 1. The van der Waals surface area contributed by atoms with E-state index in [1.807, 2.05) is 23.6 Å². The van der Waals surface area contributed by atoms with Crippen LogP contribution in [0.5, 0.6) is 0 Å². The van der Waals surface area contributed by atoms with Gasteiger partial charge in [0.25, 0.3) is 5.56 Å². The molecule has 5 rings (SSSR count). The fraction of sp³-hybridized carbons (Fsp3) is 0.462. The number of hydrogen-bond acceptors (Lipinski definition) is 5. The van der Waals surface area contributed by atoms with Crippen LogP contribution in [0, 0.1) is 5.41 Å². The van der Waals surface area contributed by atoms with Gasteiger partial charge in [0.2, 0.25) is 5.91 Å². The van der Waals surface area contributed by atoms with E-state index in [0.29, 0.717) is 62.6 Å². The molecule has 190 valence electrons. The molecule has 0 radical (unpaired) electrons. The van der Waals surface area contributed by atoms with Crippen LogP contribution in [0.4, 0.5) is 10.5 Å². The molecule has 4 heterocycles. The molecule has 2 aliphatic heterocycles. The van der Waals surface area contributed by atoms with E-state index in [0.717, 1.165) is 11.1 Å². The Morgan fingerprint density at radius 2 is 2.06 bits per heavy atom. The van der Waals surface area contributed by atoms with Crippen LogP contribution in [-0.2, 0) is 35.5 Å². The van der Waals surface area contributed by atoms with Crippen LogP contribution >= 0.6 is 0 Å². The lowest BCUT2D eigenvalue weighted by molar-refractivity contribution is -0.127. The Bertz CT molecular complexity index is 1370. The predicted octanol–water partition coefficient (Wildman–Crippen LogP) is 2.41. The van der Waals surface area contributed by atoms with Gasteiger partial charge >= 0.3 is 6.09 Å². The first kappa shape index (κ1) is 24.1. The van der Waals surface area contributed by atoms with Crippen molar-refractivity contribution in [2.45, 2.75) is 52.2 Å². The van der Waals surface area contributed by atoms with Crippen molar-refractivity contribution in [2.24, 2.45) is 5.41 Å². The van der Waals surface area contributed by atoms with E-state index in [-0.39, 0.29) is 29.5 Å². The average Bonchev–Trinajstić information content (AvgIpc) is 3.17. The van der Waals surface area contributed by atoms with Gasteiger partial charge in [0.05, 0.1) is 29.9 Å². The summed E-state index contributed by atoms with van der Waals surface area (Å²) in [5, 5.41) is 12.8. The first-order valence-electron chi connectivity index (χ1n) is 12.3. The number of carbonyl (C=O) groups is 2. The zero-order chi connectivity index (χ0) is 25.4. The topological polar surface area (TPSA) is 119 Å². The van der Waals surface area contributed by atoms with E-state index in [1.165, 1.54) is 11.0 Å². The van der Waals surface area contributed by atoms with E-state index in [2.05, 4.69) is 12.2 Å². The Hall–Kier alpha value is -3.66. The second-order valence-corrected chi connectivity index (χ2v) is 10.1. The van der Waals surface area contributed by atoms with Gasteiger partial charge in [0.1, 0.15) is 12.4 Å². The average molecular weight is 494 g/mol. The van der Waals surface area contributed by atoms with Crippen molar-refractivity contribution in [3.8, 4) is 0 Å².